The van der Waals surface area contributed by atoms with Crippen molar-refractivity contribution in [3.63, 3.8) is 0 Å². The Morgan fingerprint density at radius 3 is 2.35 bits per heavy atom. The van der Waals surface area contributed by atoms with E-state index in [9.17, 15) is 19.7 Å². The summed E-state index contributed by atoms with van der Waals surface area (Å²) in [4.78, 5) is 18.2. The molecule has 1 aliphatic rings. The molecule has 5 rings (SSSR count). The number of nitrogens with zero attached hydrogens (tertiary/aromatic N) is 4. The summed E-state index contributed by atoms with van der Waals surface area (Å²) in [5, 5.41) is 19.4. The average Bonchev–Trinajstić information content (AvgIpc) is 3.03. The van der Waals surface area contributed by atoms with Gasteiger partial charge in [0.05, 0.1) is 23.9 Å². The van der Waals surface area contributed by atoms with E-state index in [0.717, 1.165) is 5.56 Å². The molecule has 216 valence electrons. The summed E-state index contributed by atoms with van der Waals surface area (Å²) in [5.41, 5.74) is 8.49. The fraction of sp³-hybridized carbons (Fsp3) is 0.212. The van der Waals surface area contributed by atoms with Gasteiger partial charge in [0.1, 0.15) is 36.5 Å². The minimum absolute atomic E-state index is 0.0857. The molecule has 0 atom stereocenters. The van der Waals surface area contributed by atoms with Gasteiger partial charge in [-0.1, -0.05) is 36.4 Å². The van der Waals surface area contributed by atoms with Gasteiger partial charge in [0.15, 0.2) is 11.5 Å². The van der Waals surface area contributed by atoms with Gasteiger partial charge in [0.25, 0.3) is 0 Å². The predicted octanol–water partition coefficient (Wildman–Crippen LogP) is 5.95. The minimum atomic E-state index is -0.819. The standard InChI is InChI=1S/C33H28FN5O4/c1-41-29-10-9-23(17-30(29)42-20-21-5-3-2-4-6-21)31-27(22-7-8-24(18-35)28(34)16-22)15-25(19-36)32(38-31)39-13-11-26(12-14-39)43-33(37)40/h2-10,15-17,26H,11-14,20H2,1H3,(H2,37,40). The number of rotatable bonds is 8. The molecule has 4 aromatic rings. The number of carbonyl (C=O) groups excluding carboxylic acids is 1. The van der Waals surface area contributed by atoms with E-state index in [4.69, 9.17) is 24.9 Å². The average molecular weight is 578 g/mol. The Morgan fingerprint density at radius 2 is 1.70 bits per heavy atom. The summed E-state index contributed by atoms with van der Waals surface area (Å²) in [6.45, 7) is 1.28. The van der Waals surface area contributed by atoms with Crippen LogP contribution in [-0.2, 0) is 11.3 Å². The summed E-state index contributed by atoms with van der Waals surface area (Å²) in [6.07, 6.45) is -0.0909. The Kier molecular flexibility index (Phi) is 8.69. The summed E-state index contributed by atoms with van der Waals surface area (Å²) in [7, 11) is 1.55. The highest BCUT2D eigenvalue weighted by molar-refractivity contribution is 5.85. The molecular weight excluding hydrogens is 549 g/mol. The van der Waals surface area contributed by atoms with Gasteiger partial charge in [-0.15, -0.1) is 0 Å². The van der Waals surface area contributed by atoms with E-state index < -0.39 is 11.9 Å². The number of nitriles is 2. The maximum Gasteiger partial charge on any atom is 0.404 e. The lowest BCUT2D eigenvalue weighted by atomic mass is 9.96. The normalized spacial score (nSPS) is 13.1. The third kappa shape index (κ3) is 6.50. The van der Waals surface area contributed by atoms with Crippen LogP contribution in [0, 0.1) is 28.5 Å². The van der Waals surface area contributed by atoms with Crippen molar-refractivity contribution in [1.29, 1.82) is 10.5 Å². The van der Waals surface area contributed by atoms with E-state index in [1.807, 2.05) is 47.4 Å². The topological polar surface area (TPSA) is 134 Å². The number of amides is 1. The first-order chi connectivity index (χ1) is 20.9. The number of ether oxygens (including phenoxy) is 3. The molecule has 1 amide bonds. The van der Waals surface area contributed by atoms with Gasteiger partial charge in [-0.05, 0) is 47.5 Å². The van der Waals surface area contributed by atoms with Crippen LogP contribution in [0.5, 0.6) is 11.5 Å². The van der Waals surface area contributed by atoms with Crippen LogP contribution in [0.4, 0.5) is 15.0 Å². The maximum absolute atomic E-state index is 14.8. The quantitative estimate of drug-likeness (QED) is 0.272. The number of anilines is 1. The van der Waals surface area contributed by atoms with Crippen LogP contribution in [0.25, 0.3) is 22.4 Å². The van der Waals surface area contributed by atoms with Crippen molar-refractivity contribution in [3.8, 4) is 46.0 Å². The smallest absolute Gasteiger partial charge is 0.404 e. The zero-order valence-electron chi connectivity index (χ0n) is 23.4. The van der Waals surface area contributed by atoms with Crippen LogP contribution in [0.3, 0.4) is 0 Å². The first kappa shape index (κ1) is 28.9. The van der Waals surface area contributed by atoms with Gasteiger partial charge in [-0.3, -0.25) is 0 Å². The minimum Gasteiger partial charge on any atom is -0.493 e. The largest absolute Gasteiger partial charge is 0.493 e. The third-order valence-electron chi connectivity index (χ3n) is 7.22. The lowest BCUT2D eigenvalue weighted by molar-refractivity contribution is 0.0911. The summed E-state index contributed by atoms with van der Waals surface area (Å²) in [6, 6.07) is 25.2. The Morgan fingerprint density at radius 1 is 0.977 bits per heavy atom. The lowest BCUT2D eigenvalue weighted by Crippen LogP contribution is -2.39. The fourth-order valence-corrected chi connectivity index (χ4v) is 5.06. The fourth-order valence-electron chi connectivity index (χ4n) is 5.06. The Hall–Kier alpha value is -5.61. The van der Waals surface area contributed by atoms with E-state index in [-0.39, 0.29) is 11.7 Å². The maximum atomic E-state index is 14.8. The second-order valence-electron chi connectivity index (χ2n) is 9.94. The second kappa shape index (κ2) is 12.9. The summed E-state index contributed by atoms with van der Waals surface area (Å²) in [5.74, 6) is 0.788. The number of halogens is 1. The van der Waals surface area contributed by atoms with E-state index in [2.05, 4.69) is 6.07 Å². The highest BCUT2D eigenvalue weighted by Crippen LogP contribution is 2.39. The molecule has 0 aliphatic carbocycles. The molecule has 2 heterocycles. The van der Waals surface area contributed by atoms with Crippen LogP contribution in [0.2, 0.25) is 0 Å². The van der Waals surface area contributed by atoms with Crippen LogP contribution >= 0.6 is 0 Å². The molecule has 9 nitrogen and oxygen atoms in total. The van der Waals surface area contributed by atoms with Gasteiger partial charge >= 0.3 is 6.09 Å². The molecule has 1 fully saturated rings. The molecule has 0 saturated carbocycles. The molecule has 0 spiro atoms. The molecule has 0 bridgehead atoms. The van der Waals surface area contributed by atoms with Crippen LogP contribution in [0.1, 0.15) is 29.5 Å². The molecule has 1 aliphatic heterocycles. The molecule has 1 saturated heterocycles. The Bertz CT molecular complexity index is 1720. The van der Waals surface area contributed by atoms with E-state index >= 15 is 0 Å². The first-order valence-corrected chi connectivity index (χ1v) is 13.6. The Labute approximate surface area is 248 Å². The number of carbonyl (C=O) groups is 1. The van der Waals surface area contributed by atoms with Crippen molar-refractivity contribution in [3.05, 3.63) is 95.3 Å². The number of methoxy groups -OCH3 is 1. The lowest BCUT2D eigenvalue weighted by Gasteiger charge is -2.33. The third-order valence-corrected chi connectivity index (χ3v) is 7.22. The molecule has 0 radical (unpaired) electrons. The summed E-state index contributed by atoms with van der Waals surface area (Å²) < 4.78 is 31.6. The van der Waals surface area contributed by atoms with Crippen molar-refractivity contribution in [2.75, 3.05) is 25.1 Å². The highest BCUT2D eigenvalue weighted by Gasteiger charge is 2.26. The number of benzene rings is 3. The van der Waals surface area contributed by atoms with Crippen molar-refractivity contribution < 1.29 is 23.4 Å². The van der Waals surface area contributed by atoms with Crippen molar-refractivity contribution >= 4 is 11.9 Å². The number of hydrogen-bond donors (Lipinski definition) is 1. The van der Waals surface area contributed by atoms with E-state index in [0.29, 0.717) is 77.8 Å². The van der Waals surface area contributed by atoms with Crippen LogP contribution < -0.4 is 20.1 Å². The zero-order chi connectivity index (χ0) is 30.3. The van der Waals surface area contributed by atoms with Gasteiger partial charge in [0, 0.05) is 37.1 Å². The predicted molar refractivity (Wildman–Crippen MR) is 158 cm³/mol. The van der Waals surface area contributed by atoms with Crippen LogP contribution in [-0.4, -0.2) is 37.4 Å². The number of piperidine rings is 1. The number of nitrogens with two attached hydrogens (primary N) is 1. The number of hydrogen-bond acceptors (Lipinski definition) is 8. The SMILES string of the molecule is COc1ccc(-c2nc(N3CCC(OC(N)=O)CC3)c(C#N)cc2-c2ccc(C#N)c(F)c2)cc1OCc1ccccc1. The monoisotopic (exact) mass is 577 g/mol. The van der Waals surface area contributed by atoms with Gasteiger partial charge in [-0.25, -0.2) is 14.2 Å². The zero-order valence-corrected chi connectivity index (χ0v) is 23.4. The second-order valence-corrected chi connectivity index (χ2v) is 9.94. The first-order valence-electron chi connectivity index (χ1n) is 13.6. The van der Waals surface area contributed by atoms with Gasteiger partial charge < -0.3 is 24.8 Å². The number of aromatic nitrogens is 1. The highest BCUT2D eigenvalue weighted by atomic mass is 19.1. The van der Waals surface area contributed by atoms with Crippen molar-refractivity contribution in [2.24, 2.45) is 5.73 Å². The summed E-state index contributed by atoms with van der Waals surface area (Å²) >= 11 is 0. The molecular formula is C33H28FN5O4. The van der Waals surface area contributed by atoms with E-state index in [1.165, 1.54) is 12.1 Å². The van der Waals surface area contributed by atoms with Crippen molar-refractivity contribution in [1.82, 2.24) is 4.98 Å². The molecule has 0 unspecified atom stereocenters. The van der Waals surface area contributed by atoms with Gasteiger partial charge in [-0.2, -0.15) is 10.5 Å². The molecule has 3 aromatic carbocycles. The Balaban J connectivity index is 1.60. The van der Waals surface area contributed by atoms with Gasteiger partial charge in [0.2, 0.25) is 0 Å². The number of primary amides is 1. The molecule has 10 heteroatoms. The molecule has 2 N–H and O–H groups in total. The van der Waals surface area contributed by atoms with E-state index in [1.54, 1.807) is 31.4 Å². The molecule has 1 aromatic heterocycles. The van der Waals surface area contributed by atoms with Crippen molar-refractivity contribution in [2.45, 2.75) is 25.6 Å². The molecule has 43 heavy (non-hydrogen) atoms. The van der Waals surface area contributed by atoms with Crippen LogP contribution in [0.15, 0.2) is 72.8 Å². The number of pyridine rings is 1.